The molecular formula is C6H7FO. The fourth-order valence-electron chi connectivity index (χ4n) is 0.254. The van der Waals surface area contributed by atoms with E-state index in [9.17, 15) is 9.18 Å². The Hall–Kier alpha value is -0.920. The summed E-state index contributed by atoms with van der Waals surface area (Å²) in [7, 11) is 0. The van der Waals surface area contributed by atoms with Crippen LogP contribution >= 0.6 is 0 Å². The number of rotatable bonds is 3. The largest absolute Gasteiger partial charge is 0.327 e. The van der Waals surface area contributed by atoms with E-state index < -0.39 is 6.04 Å². The van der Waals surface area contributed by atoms with Crippen LogP contribution in [0.2, 0.25) is 0 Å². The topological polar surface area (TPSA) is 17.1 Å². The summed E-state index contributed by atoms with van der Waals surface area (Å²) in [5, 5.41) is 0. The highest BCUT2D eigenvalue weighted by atomic mass is 19.1. The van der Waals surface area contributed by atoms with Crippen molar-refractivity contribution in [3.63, 3.8) is 0 Å². The molecule has 0 bridgehead atoms. The standard InChI is InChI=1S/C6H7FO/c1-3-4-5(2)6(7)8/h3H,1-2,4H2. The summed E-state index contributed by atoms with van der Waals surface area (Å²) >= 11 is 0. The minimum atomic E-state index is -1.45. The van der Waals surface area contributed by atoms with Crippen molar-refractivity contribution in [2.75, 3.05) is 0 Å². The molecular weight excluding hydrogens is 107 g/mol. The summed E-state index contributed by atoms with van der Waals surface area (Å²) in [4.78, 5) is 9.72. The lowest BCUT2D eigenvalue weighted by Gasteiger charge is -1.86. The van der Waals surface area contributed by atoms with Gasteiger partial charge in [-0.2, -0.15) is 4.39 Å². The van der Waals surface area contributed by atoms with Crippen LogP contribution < -0.4 is 0 Å². The number of halogens is 1. The second-order valence-electron chi connectivity index (χ2n) is 1.37. The van der Waals surface area contributed by atoms with Crippen molar-refractivity contribution in [3.05, 3.63) is 24.8 Å². The van der Waals surface area contributed by atoms with E-state index in [2.05, 4.69) is 13.2 Å². The summed E-state index contributed by atoms with van der Waals surface area (Å²) in [6.07, 6.45) is 1.66. The minimum absolute atomic E-state index is 0.0417. The first-order valence-corrected chi connectivity index (χ1v) is 2.17. The minimum Gasteiger partial charge on any atom is -0.256 e. The second kappa shape index (κ2) is 3.13. The molecule has 0 radical (unpaired) electrons. The van der Waals surface area contributed by atoms with E-state index >= 15 is 0 Å². The molecule has 0 aromatic carbocycles. The Kier molecular flexibility index (Phi) is 2.77. The Labute approximate surface area is 47.5 Å². The molecule has 0 aliphatic heterocycles. The molecule has 0 aliphatic carbocycles. The molecule has 0 spiro atoms. The van der Waals surface area contributed by atoms with Crippen molar-refractivity contribution in [3.8, 4) is 0 Å². The first kappa shape index (κ1) is 7.08. The van der Waals surface area contributed by atoms with E-state index in [1.807, 2.05) is 0 Å². The number of hydrogen-bond acceptors (Lipinski definition) is 1. The number of carbonyl (C=O) groups excluding carboxylic acids is 1. The van der Waals surface area contributed by atoms with Crippen LogP contribution in [0.4, 0.5) is 4.39 Å². The molecule has 1 nitrogen and oxygen atoms in total. The zero-order valence-electron chi connectivity index (χ0n) is 4.48. The van der Waals surface area contributed by atoms with Gasteiger partial charge in [0.1, 0.15) is 0 Å². The lowest BCUT2D eigenvalue weighted by molar-refractivity contribution is -0.125. The van der Waals surface area contributed by atoms with Gasteiger partial charge in [0.25, 0.3) is 0 Å². The van der Waals surface area contributed by atoms with Crippen molar-refractivity contribution in [1.82, 2.24) is 0 Å². The Morgan fingerprint density at radius 1 is 1.75 bits per heavy atom. The summed E-state index contributed by atoms with van der Waals surface area (Å²) in [6.45, 7) is 6.45. The molecule has 0 fully saturated rings. The normalized spacial score (nSPS) is 8.12. The van der Waals surface area contributed by atoms with E-state index in [0.717, 1.165) is 0 Å². The van der Waals surface area contributed by atoms with E-state index in [0.29, 0.717) is 0 Å². The van der Waals surface area contributed by atoms with Gasteiger partial charge in [-0.1, -0.05) is 12.7 Å². The van der Waals surface area contributed by atoms with Crippen LogP contribution in [-0.2, 0) is 4.79 Å². The fraction of sp³-hybridized carbons (Fsp3) is 0.167. The molecule has 0 heterocycles. The zero-order chi connectivity index (χ0) is 6.57. The second-order valence-corrected chi connectivity index (χ2v) is 1.37. The highest BCUT2D eigenvalue weighted by Crippen LogP contribution is 1.99. The fourth-order valence-corrected chi connectivity index (χ4v) is 0.254. The van der Waals surface area contributed by atoms with Gasteiger partial charge in [0.2, 0.25) is 0 Å². The van der Waals surface area contributed by atoms with Crippen molar-refractivity contribution in [2.45, 2.75) is 6.42 Å². The van der Waals surface area contributed by atoms with Crippen molar-refractivity contribution >= 4 is 6.04 Å². The highest BCUT2D eigenvalue weighted by Gasteiger charge is 1.99. The Morgan fingerprint density at radius 2 is 2.25 bits per heavy atom. The molecule has 0 amide bonds. The molecule has 0 saturated heterocycles. The maximum atomic E-state index is 11.5. The van der Waals surface area contributed by atoms with E-state index in [4.69, 9.17) is 0 Å². The van der Waals surface area contributed by atoms with Crippen molar-refractivity contribution in [1.29, 1.82) is 0 Å². The SMILES string of the molecule is C=CCC(=C)C(=O)F. The third-order valence-electron chi connectivity index (χ3n) is 0.669. The van der Waals surface area contributed by atoms with Crippen LogP contribution in [0.15, 0.2) is 24.8 Å². The monoisotopic (exact) mass is 114 g/mol. The lowest BCUT2D eigenvalue weighted by Crippen LogP contribution is -1.89. The molecule has 44 valence electrons. The predicted molar refractivity (Wildman–Crippen MR) is 30.1 cm³/mol. The smallest absolute Gasteiger partial charge is 0.256 e. The molecule has 8 heavy (non-hydrogen) atoms. The molecule has 2 heteroatoms. The number of hydrogen-bond donors (Lipinski definition) is 0. The van der Waals surface area contributed by atoms with Crippen LogP contribution in [0.5, 0.6) is 0 Å². The van der Waals surface area contributed by atoms with Gasteiger partial charge in [0, 0.05) is 5.57 Å². The lowest BCUT2D eigenvalue weighted by atomic mass is 10.2. The van der Waals surface area contributed by atoms with Crippen LogP contribution in [0, 0.1) is 0 Å². The zero-order valence-corrected chi connectivity index (χ0v) is 4.48. The van der Waals surface area contributed by atoms with Gasteiger partial charge < -0.3 is 0 Å². The third kappa shape index (κ3) is 2.29. The summed E-state index contributed by atoms with van der Waals surface area (Å²) in [5.41, 5.74) is -0.0417. The van der Waals surface area contributed by atoms with Gasteiger partial charge in [-0.3, -0.25) is 4.79 Å². The van der Waals surface area contributed by atoms with E-state index in [1.165, 1.54) is 6.08 Å². The molecule has 0 aromatic heterocycles. The van der Waals surface area contributed by atoms with Gasteiger partial charge in [-0.25, -0.2) is 0 Å². The average molecular weight is 114 g/mol. The Balaban J connectivity index is 3.65. The molecule has 0 N–H and O–H groups in total. The maximum Gasteiger partial charge on any atom is 0.327 e. The van der Waals surface area contributed by atoms with Gasteiger partial charge in [-0.05, 0) is 6.42 Å². The quantitative estimate of drug-likeness (QED) is 0.309. The van der Waals surface area contributed by atoms with Gasteiger partial charge in [-0.15, -0.1) is 6.58 Å². The Morgan fingerprint density at radius 3 is 2.38 bits per heavy atom. The van der Waals surface area contributed by atoms with Gasteiger partial charge in [0.05, 0.1) is 0 Å². The van der Waals surface area contributed by atoms with Crippen molar-refractivity contribution < 1.29 is 9.18 Å². The Bertz CT molecular complexity index is 126. The summed E-state index contributed by atoms with van der Waals surface area (Å²) in [5.74, 6) is 0. The number of allylic oxidation sites excluding steroid dienone is 2. The van der Waals surface area contributed by atoms with Gasteiger partial charge in [0.15, 0.2) is 0 Å². The van der Waals surface area contributed by atoms with E-state index in [1.54, 1.807) is 0 Å². The maximum absolute atomic E-state index is 11.5. The third-order valence-corrected chi connectivity index (χ3v) is 0.669. The molecule has 0 rings (SSSR count). The summed E-state index contributed by atoms with van der Waals surface area (Å²) < 4.78 is 11.5. The van der Waals surface area contributed by atoms with Crippen LogP contribution in [0.3, 0.4) is 0 Å². The molecule has 0 aromatic rings. The molecule has 0 unspecified atom stereocenters. The van der Waals surface area contributed by atoms with Crippen molar-refractivity contribution in [2.24, 2.45) is 0 Å². The van der Waals surface area contributed by atoms with Crippen LogP contribution in [0.1, 0.15) is 6.42 Å². The molecule has 0 atom stereocenters. The highest BCUT2D eigenvalue weighted by molar-refractivity contribution is 5.86. The van der Waals surface area contributed by atoms with E-state index in [-0.39, 0.29) is 12.0 Å². The average Bonchev–Trinajstić information content (AvgIpc) is 1.67. The molecule has 0 aliphatic rings. The van der Waals surface area contributed by atoms with Crippen LogP contribution in [0.25, 0.3) is 0 Å². The van der Waals surface area contributed by atoms with Crippen LogP contribution in [-0.4, -0.2) is 6.04 Å². The van der Waals surface area contributed by atoms with Gasteiger partial charge >= 0.3 is 6.04 Å². The first-order valence-electron chi connectivity index (χ1n) is 2.17. The summed E-state index contributed by atoms with van der Waals surface area (Å²) in [6, 6.07) is -1.45. The first-order chi connectivity index (χ1) is 3.68. The number of carbonyl (C=O) groups is 1. The molecule has 0 saturated carbocycles. The predicted octanol–water partition coefficient (Wildman–Crippen LogP) is 1.61.